The molecule has 72 valence electrons. The summed E-state index contributed by atoms with van der Waals surface area (Å²) in [6, 6.07) is 0. The van der Waals surface area contributed by atoms with Gasteiger partial charge in [-0.05, 0) is 13.8 Å². The number of nitrogens with zero attached hydrogens (tertiary/aromatic N) is 2. The van der Waals surface area contributed by atoms with Crippen LogP contribution in [0.3, 0.4) is 0 Å². The van der Waals surface area contributed by atoms with Gasteiger partial charge in [0.25, 0.3) is 0 Å². The summed E-state index contributed by atoms with van der Waals surface area (Å²) in [4.78, 5) is 24.2. The summed E-state index contributed by atoms with van der Waals surface area (Å²) in [5.74, 6) is -2.04. The molecule has 0 saturated carbocycles. The highest BCUT2D eigenvalue weighted by Gasteiger charge is 2.32. The third-order valence-corrected chi connectivity index (χ3v) is 1.01. The van der Waals surface area contributed by atoms with Crippen molar-refractivity contribution in [2.24, 2.45) is 0 Å². The Morgan fingerprint density at radius 2 is 1.85 bits per heavy atom. The van der Waals surface area contributed by atoms with Gasteiger partial charge in [-0.3, -0.25) is 0 Å². The third kappa shape index (κ3) is 3.48. The summed E-state index contributed by atoms with van der Waals surface area (Å²) in [5, 5.41) is 0. The molecule has 0 amide bonds. The van der Waals surface area contributed by atoms with Gasteiger partial charge in [-0.25, -0.2) is 9.59 Å². The molecule has 6 nitrogen and oxygen atoms in total. The zero-order valence-corrected chi connectivity index (χ0v) is 7.60. The fraction of sp³-hybridized carbons (Fsp3) is 0.571. The molecule has 0 heterocycles. The second-order valence-corrected chi connectivity index (χ2v) is 2.39. The van der Waals surface area contributed by atoms with Crippen LogP contribution < -0.4 is 0 Å². The SMILES string of the molecule is COC(=O)C(=[N+]=[N-])C(=O)OC(C)C. The van der Waals surface area contributed by atoms with Gasteiger partial charge in [-0.2, -0.15) is 4.79 Å². The maximum absolute atomic E-state index is 11.0. The monoisotopic (exact) mass is 186 g/mol. The Morgan fingerprint density at radius 3 is 2.15 bits per heavy atom. The lowest BCUT2D eigenvalue weighted by Crippen LogP contribution is -2.30. The van der Waals surface area contributed by atoms with E-state index in [0.29, 0.717) is 0 Å². The van der Waals surface area contributed by atoms with Gasteiger partial charge in [0.2, 0.25) is 0 Å². The van der Waals surface area contributed by atoms with Crippen molar-refractivity contribution in [1.82, 2.24) is 0 Å². The molecule has 13 heavy (non-hydrogen) atoms. The van der Waals surface area contributed by atoms with E-state index >= 15 is 0 Å². The summed E-state index contributed by atoms with van der Waals surface area (Å²) >= 11 is 0. The first-order valence-electron chi connectivity index (χ1n) is 3.54. The van der Waals surface area contributed by atoms with Crippen LogP contribution in [0.4, 0.5) is 0 Å². The first kappa shape index (κ1) is 11.3. The lowest BCUT2D eigenvalue weighted by molar-refractivity contribution is -0.149. The van der Waals surface area contributed by atoms with Crippen LogP contribution in [0.2, 0.25) is 0 Å². The van der Waals surface area contributed by atoms with Crippen LogP contribution >= 0.6 is 0 Å². The van der Waals surface area contributed by atoms with Gasteiger partial charge in [0.15, 0.2) is 0 Å². The van der Waals surface area contributed by atoms with Crippen LogP contribution in [-0.4, -0.2) is 35.7 Å². The summed E-state index contributed by atoms with van der Waals surface area (Å²) in [7, 11) is 1.07. The van der Waals surface area contributed by atoms with Crippen molar-refractivity contribution < 1.29 is 23.9 Å². The molecule has 0 aliphatic heterocycles. The predicted octanol–water partition coefficient (Wildman–Crippen LogP) is -0.218. The van der Waals surface area contributed by atoms with Crippen molar-refractivity contribution in [1.29, 1.82) is 0 Å². The van der Waals surface area contributed by atoms with E-state index in [2.05, 4.69) is 14.3 Å². The summed E-state index contributed by atoms with van der Waals surface area (Å²) in [6.45, 7) is 3.20. The maximum atomic E-state index is 11.0. The molecule has 0 N–H and O–H groups in total. The smallest absolute Gasteiger partial charge is 0.460 e. The number of rotatable bonds is 3. The Kier molecular flexibility index (Phi) is 4.40. The molecule has 0 aromatic rings. The van der Waals surface area contributed by atoms with Crippen molar-refractivity contribution in [2.45, 2.75) is 20.0 Å². The van der Waals surface area contributed by atoms with Gasteiger partial charge < -0.3 is 15.0 Å². The molecular weight excluding hydrogens is 176 g/mol. The fourth-order valence-corrected chi connectivity index (χ4v) is 0.532. The van der Waals surface area contributed by atoms with E-state index in [1.807, 2.05) is 0 Å². The number of ether oxygens (including phenoxy) is 2. The molecule has 0 spiro atoms. The van der Waals surface area contributed by atoms with Crippen molar-refractivity contribution in [2.75, 3.05) is 7.11 Å². The quantitative estimate of drug-likeness (QED) is 0.200. The van der Waals surface area contributed by atoms with Crippen molar-refractivity contribution >= 4 is 17.7 Å². The average Bonchev–Trinajstić information content (AvgIpc) is 2.03. The number of methoxy groups -OCH3 is 1. The molecule has 0 aliphatic rings. The van der Waals surface area contributed by atoms with Gasteiger partial charge in [-0.1, -0.05) is 0 Å². The van der Waals surface area contributed by atoms with Crippen LogP contribution in [0.25, 0.3) is 5.53 Å². The van der Waals surface area contributed by atoms with Crippen molar-refractivity contribution in [3.8, 4) is 0 Å². The van der Waals surface area contributed by atoms with Gasteiger partial charge in [-0.15, -0.1) is 0 Å². The lowest BCUT2D eigenvalue weighted by atomic mass is 10.4. The molecule has 0 fully saturated rings. The van der Waals surface area contributed by atoms with Gasteiger partial charge in [0.1, 0.15) is 0 Å². The van der Waals surface area contributed by atoms with Crippen LogP contribution in [-0.2, 0) is 19.1 Å². The first-order chi connectivity index (χ1) is 6.02. The minimum Gasteiger partial charge on any atom is -0.460 e. The molecule has 0 rings (SSSR count). The van der Waals surface area contributed by atoms with Crippen LogP contribution in [0.5, 0.6) is 0 Å². The number of hydrogen-bond donors (Lipinski definition) is 0. The van der Waals surface area contributed by atoms with E-state index in [4.69, 9.17) is 5.53 Å². The highest BCUT2D eigenvalue weighted by molar-refractivity contribution is 6.60. The molecule has 0 aliphatic carbocycles. The maximum Gasteiger partial charge on any atom is 0.482 e. The highest BCUT2D eigenvalue weighted by atomic mass is 16.6. The van der Waals surface area contributed by atoms with Gasteiger partial charge >= 0.3 is 17.7 Å². The largest absolute Gasteiger partial charge is 0.482 e. The Morgan fingerprint density at radius 1 is 1.31 bits per heavy atom. The van der Waals surface area contributed by atoms with Gasteiger partial charge in [0, 0.05) is 0 Å². The Balaban J connectivity index is 4.54. The van der Waals surface area contributed by atoms with E-state index in [-0.39, 0.29) is 0 Å². The van der Waals surface area contributed by atoms with Crippen LogP contribution in [0, 0.1) is 0 Å². The van der Waals surface area contributed by atoms with E-state index in [0.717, 1.165) is 7.11 Å². The minimum absolute atomic E-state index is 0.395. The topological polar surface area (TPSA) is 89.0 Å². The van der Waals surface area contributed by atoms with E-state index in [1.54, 1.807) is 13.8 Å². The molecule has 0 aromatic heterocycles. The predicted molar refractivity (Wildman–Crippen MR) is 41.9 cm³/mol. The van der Waals surface area contributed by atoms with Crippen LogP contribution in [0.15, 0.2) is 0 Å². The minimum atomic E-state index is -1.03. The summed E-state index contributed by atoms with van der Waals surface area (Å²) in [5.41, 5.74) is 7.53. The van der Waals surface area contributed by atoms with E-state index < -0.39 is 23.8 Å². The van der Waals surface area contributed by atoms with Crippen LogP contribution in [0.1, 0.15) is 13.8 Å². The van der Waals surface area contributed by atoms with Gasteiger partial charge in [0.05, 0.1) is 13.2 Å². The lowest BCUT2D eigenvalue weighted by Gasteiger charge is -2.03. The molecule has 6 heteroatoms. The molecule has 0 bridgehead atoms. The second kappa shape index (κ2) is 5.05. The Hall–Kier alpha value is -1.68. The number of esters is 2. The molecule has 0 unspecified atom stereocenters. The average molecular weight is 186 g/mol. The van der Waals surface area contributed by atoms with Crippen molar-refractivity contribution in [3.05, 3.63) is 5.53 Å². The molecule has 0 aromatic carbocycles. The number of carbonyl (C=O) groups is 2. The summed E-state index contributed by atoms with van der Waals surface area (Å²) in [6.07, 6.45) is -0.395. The van der Waals surface area contributed by atoms with E-state index in [9.17, 15) is 9.59 Å². The summed E-state index contributed by atoms with van der Waals surface area (Å²) < 4.78 is 8.77. The first-order valence-corrected chi connectivity index (χ1v) is 3.54. The van der Waals surface area contributed by atoms with E-state index in [1.165, 1.54) is 0 Å². The molecule has 0 atom stereocenters. The third-order valence-electron chi connectivity index (χ3n) is 1.01. The molecule has 0 radical (unpaired) electrons. The molecular formula is C7H10N2O4. The zero-order chi connectivity index (χ0) is 10.4. The van der Waals surface area contributed by atoms with Crippen molar-refractivity contribution in [3.63, 3.8) is 0 Å². The second-order valence-electron chi connectivity index (χ2n) is 2.39. The highest BCUT2D eigenvalue weighted by Crippen LogP contribution is 1.91. The number of hydrogen-bond acceptors (Lipinski definition) is 4. The fourth-order valence-electron chi connectivity index (χ4n) is 0.532. The number of carbonyl (C=O) groups excluding carboxylic acids is 2. The normalized spacial score (nSPS) is 8.92. The Bertz CT molecular complexity index is 266. The Labute approximate surface area is 75.1 Å². The standard InChI is InChI=1S/C7H10N2O4/c1-4(2)13-7(11)5(9-8)6(10)12-3/h4H,1-3H3. The zero-order valence-electron chi connectivity index (χ0n) is 7.60. The molecule has 0 saturated heterocycles.